The van der Waals surface area contributed by atoms with Gasteiger partial charge >= 0.3 is 0 Å². The maximum atomic E-state index is 4.58. The number of hydrogen-bond donors (Lipinski definition) is 1. The van der Waals surface area contributed by atoms with Crippen LogP contribution in [0.4, 0.5) is 0 Å². The van der Waals surface area contributed by atoms with Gasteiger partial charge in [0.2, 0.25) is 6.39 Å². The minimum absolute atomic E-state index is 0.717. The molecule has 0 spiro atoms. The standard InChI is InChI=1S/C8H11N3O/c1-2-3-5-9-6-4-8-10-7-12-11-8/h7,9H,4-6H2,1H3. The molecular formula is C8H11N3O. The third-order valence-corrected chi connectivity index (χ3v) is 1.32. The lowest BCUT2D eigenvalue weighted by atomic mass is 10.4. The van der Waals surface area contributed by atoms with Crippen LogP contribution in [0.2, 0.25) is 0 Å². The predicted molar refractivity (Wildman–Crippen MR) is 44.3 cm³/mol. The molecule has 4 nitrogen and oxygen atoms in total. The zero-order chi connectivity index (χ0) is 8.65. The van der Waals surface area contributed by atoms with Gasteiger partial charge in [-0.25, -0.2) is 0 Å². The Labute approximate surface area is 71.4 Å². The largest absolute Gasteiger partial charge is 0.343 e. The predicted octanol–water partition coefficient (Wildman–Crippen LogP) is 0.225. The van der Waals surface area contributed by atoms with Crippen molar-refractivity contribution < 1.29 is 4.52 Å². The van der Waals surface area contributed by atoms with Crippen LogP contribution >= 0.6 is 0 Å². The Hall–Kier alpha value is -1.34. The molecule has 0 atom stereocenters. The molecule has 0 radical (unpaired) electrons. The summed E-state index contributed by atoms with van der Waals surface area (Å²) >= 11 is 0. The van der Waals surface area contributed by atoms with Crippen molar-refractivity contribution in [3.63, 3.8) is 0 Å². The van der Waals surface area contributed by atoms with Crippen molar-refractivity contribution in [2.45, 2.75) is 13.3 Å². The number of nitrogens with zero attached hydrogens (tertiary/aromatic N) is 2. The highest BCUT2D eigenvalue weighted by Crippen LogP contribution is 1.87. The summed E-state index contributed by atoms with van der Waals surface area (Å²) in [5, 5.41) is 6.80. The lowest BCUT2D eigenvalue weighted by molar-refractivity contribution is 0.409. The Morgan fingerprint density at radius 2 is 2.58 bits per heavy atom. The van der Waals surface area contributed by atoms with Gasteiger partial charge in [-0.05, 0) is 6.92 Å². The summed E-state index contributed by atoms with van der Waals surface area (Å²) in [7, 11) is 0. The monoisotopic (exact) mass is 165 g/mol. The van der Waals surface area contributed by atoms with Crippen LogP contribution in [-0.2, 0) is 6.42 Å². The third kappa shape index (κ3) is 3.17. The quantitative estimate of drug-likeness (QED) is 0.512. The van der Waals surface area contributed by atoms with E-state index in [9.17, 15) is 0 Å². The van der Waals surface area contributed by atoms with E-state index in [2.05, 4.69) is 31.8 Å². The molecule has 4 heteroatoms. The average molecular weight is 165 g/mol. The second-order valence-corrected chi connectivity index (χ2v) is 2.20. The summed E-state index contributed by atoms with van der Waals surface area (Å²) in [5.74, 6) is 6.43. The van der Waals surface area contributed by atoms with E-state index in [1.54, 1.807) is 0 Å². The van der Waals surface area contributed by atoms with Gasteiger partial charge in [0.05, 0.1) is 6.54 Å². The molecule has 0 aliphatic rings. The summed E-state index contributed by atoms with van der Waals surface area (Å²) in [6.45, 7) is 3.36. The molecule has 0 aliphatic heterocycles. The topological polar surface area (TPSA) is 51.0 Å². The van der Waals surface area contributed by atoms with E-state index in [-0.39, 0.29) is 0 Å². The Balaban J connectivity index is 2.06. The highest BCUT2D eigenvalue weighted by molar-refractivity contribution is 4.97. The molecule has 1 N–H and O–H groups in total. The molecule has 0 aliphatic carbocycles. The first kappa shape index (κ1) is 8.75. The van der Waals surface area contributed by atoms with Crippen molar-refractivity contribution >= 4 is 0 Å². The van der Waals surface area contributed by atoms with Crippen molar-refractivity contribution in [3.05, 3.63) is 12.2 Å². The Kier molecular flexibility index (Phi) is 3.89. The summed E-state index contributed by atoms with van der Waals surface area (Å²) in [5.41, 5.74) is 0. The molecule has 0 amide bonds. The van der Waals surface area contributed by atoms with E-state index in [1.165, 1.54) is 6.39 Å². The van der Waals surface area contributed by atoms with Crippen molar-refractivity contribution in [2.24, 2.45) is 0 Å². The molecule has 0 unspecified atom stereocenters. The highest BCUT2D eigenvalue weighted by atomic mass is 16.5. The summed E-state index contributed by atoms with van der Waals surface area (Å²) < 4.78 is 4.58. The molecule has 1 heterocycles. The van der Waals surface area contributed by atoms with Crippen LogP contribution in [0, 0.1) is 11.8 Å². The van der Waals surface area contributed by atoms with Crippen molar-refractivity contribution in [2.75, 3.05) is 13.1 Å². The van der Waals surface area contributed by atoms with Crippen LogP contribution < -0.4 is 5.32 Å². The molecule has 1 rings (SSSR count). The van der Waals surface area contributed by atoms with Crippen molar-refractivity contribution in [1.82, 2.24) is 15.5 Å². The second-order valence-electron chi connectivity index (χ2n) is 2.20. The van der Waals surface area contributed by atoms with Gasteiger partial charge < -0.3 is 9.84 Å². The van der Waals surface area contributed by atoms with Crippen LogP contribution in [0.25, 0.3) is 0 Å². The molecule has 0 saturated carbocycles. The fourth-order valence-corrected chi connectivity index (χ4v) is 0.742. The molecule has 12 heavy (non-hydrogen) atoms. The SMILES string of the molecule is CC#CCNCCc1ncon1. The van der Waals surface area contributed by atoms with Gasteiger partial charge in [0.25, 0.3) is 0 Å². The number of hydrogen-bond acceptors (Lipinski definition) is 4. The van der Waals surface area contributed by atoms with Crippen LogP contribution in [0.5, 0.6) is 0 Å². The zero-order valence-corrected chi connectivity index (χ0v) is 7.00. The van der Waals surface area contributed by atoms with Gasteiger partial charge in [-0.1, -0.05) is 11.1 Å². The maximum Gasteiger partial charge on any atom is 0.213 e. The van der Waals surface area contributed by atoms with E-state index in [4.69, 9.17) is 0 Å². The number of aromatic nitrogens is 2. The summed E-state index contributed by atoms with van der Waals surface area (Å²) in [6.07, 6.45) is 2.11. The van der Waals surface area contributed by atoms with Gasteiger partial charge in [0, 0.05) is 13.0 Å². The highest BCUT2D eigenvalue weighted by Gasteiger charge is 1.95. The van der Waals surface area contributed by atoms with Gasteiger partial charge in [-0.15, -0.1) is 5.92 Å². The normalized spacial score (nSPS) is 9.08. The van der Waals surface area contributed by atoms with Crippen LogP contribution in [-0.4, -0.2) is 23.2 Å². The Morgan fingerprint density at radius 3 is 3.25 bits per heavy atom. The molecule has 0 aromatic carbocycles. The van der Waals surface area contributed by atoms with E-state index in [0.717, 1.165) is 18.8 Å². The first-order valence-electron chi connectivity index (χ1n) is 3.79. The van der Waals surface area contributed by atoms with Gasteiger partial charge in [-0.2, -0.15) is 4.98 Å². The Bertz CT molecular complexity index is 258. The molecule has 64 valence electrons. The molecule has 1 aromatic rings. The number of nitrogens with one attached hydrogen (secondary N) is 1. The minimum atomic E-state index is 0.717. The first-order valence-corrected chi connectivity index (χ1v) is 3.79. The van der Waals surface area contributed by atoms with Gasteiger partial charge in [0.15, 0.2) is 5.82 Å². The first-order chi connectivity index (χ1) is 5.93. The van der Waals surface area contributed by atoms with Crippen molar-refractivity contribution in [1.29, 1.82) is 0 Å². The summed E-state index contributed by atoms with van der Waals surface area (Å²) in [4.78, 5) is 3.88. The second kappa shape index (κ2) is 5.33. The third-order valence-electron chi connectivity index (χ3n) is 1.32. The van der Waals surface area contributed by atoms with Gasteiger partial charge in [-0.3, -0.25) is 0 Å². The minimum Gasteiger partial charge on any atom is -0.343 e. The van der Waals surface area contributed by atoms with Gasteiger partial charge in [0.1, 0.15) is 0 Å². The molecule has 0 fully saturated rings. The lowest BCUT2D eigenvalue weighted by Crippen LogP contribution is -2.17. The van der Waals surface area contributed by atoms with E-state index < -0.39 is 0 Å². The van der Waals surface area contributed by atoms with Crippen molar-refractivity contribution in [3.8, 4) is 11.8 Å². The fraction of sp³-hybridized carbons (Fsp3) is 0.500. The number of rotatable bonds is 4. The Morgan fingerprint density at radius 1 is 1.67 bits per heavy atom. The van der Waals surface area contributed by atoms with Crippen LogP contribution in [0.1, 0.15) is 12.7 Å². The van der Waals surface area contributed by atoms with E-state index >= 15 is 0 Å². The lowest BCUT2D eigenvalue weighted by Gasteiger charge is -1.94. The molecule has 1 aromatic heterocycles. The fourth-order valence-electron chi connectivity index (χ4n) is 0.742. The zero-order valence-electron chi connectivity index (χ0n) is 7.00. The molecule has 0 saturated heterocycles. The molecule has 0 bridgehead atoms. The van der Waals surface area contributed by atoms with Crippen LogP contribution in [0.15, 0.2) is 10.9 Å². The smallest absolute Gasteiger partial charge is 0.213 e. The average Bonchev–Trinajstić information content (AvgIpc) is 2.57. The summed E-state index contributed by atoms with van der Waals surface area (Å²) in [6, 6.07) is 0. The van der Waals surface area contributed by atoms with Crippen LogP contribution in [0.3, 0.4) is 0 Å². The van der Waals surface area contributed by atoms with E-state index in [1.807, 2.05) is 6.92 Å². The van der Waals surface area contributed by atoms with E-state index in [0.29, 0.717) is 6.54 Å². The maximum absolute atomic E-state index is 4.58. The molecular weight excluding hydrogens is 154 g/mol.